The normalized spacial score (nSPS) is 11.2. The van der Waals surface area contributed by atoms with Gasteiger partial charge < -0.3 is 26.8 Å². The first-order chi connectivity index (χ1) is 23.1. The second-order valence-corrected chi connectivity index (χ2v) is 11.0. The summed E-state index contributed by atoms with van der Waals surface area (Å²) in [6.07, 6.45) is 0. The number of rotatable bonds is 8. The number of hydrogen-bond donors (Lipinski definition) is 3. The van der Waals surface area contributed by atoms with E-state index >= 15 is 0 Å². The number of nitro groups is 2. The first-order valence-electron chi connectivity index (χ1n) is 13.3. The van der Waals surface area contributed by atoms with Crippen LogP contribution >= 0.6 is 0 Å². The molecule has 255 valence electrons. The summed E-state index contributed by atoms with van der Waals surface area (Å²) in [4.78, 5) is 19.5. The molecular formula is C28H21CrN10O10S. The molecule has 0 atom stereocenters. The van der Waals surface area contributed by atoms with Crippen molar-refractivity contribution in [1.82, 2.24) is 9.78 Å². The first kappa shape index (κ1) is 38.0. The average Bonchev–Trinajstić information content (AvgIpc) is 3.33. The fourth-order valence-corrected chi connectivity index (χ4v) is 4.49. The molecule has 0 bridgehead atoms. The number of hydrogen-bond acceptors (Lipinski definition) is 16. The van der Waals surface area contributed by atoms with E-state index in [2.05, 4.69) is 25.6 Å². The molecule has 5 N–H and O–H groups in total. The van der Waals surface area contributed by atoms with Crippen LogP contribution in [0.15, 0.2) is 104 Å². The Kier molecular flexibility index (Phi) is 11.9. The fourth-order valence-electron chi connectivity index (χ4n) is 3.88. The summed E-state index contributed by atoms with van der Waals surface area (Å²) < 4.78 is 32.6. The van der Waals surface area contributed by atoms with Crippen LogP contribution in [0.25, 0.3) is 5.69 Å². The minimum Gasteiger partial charge on any atom is -0.871 e. The molecule has 4 aromatic carbocycles. The quantitative estimate of drug-likeness (QED) is 0.0662. The number of azo groups is 2. The molecule has 22 heteroatoms. The Labute approximate surface area is 291 Å². The third-order valence-corrected chi connectivity index (χ3v) is 7.16. The summed E-state index contributed by atoms with van der Waals surface area (Å²) in [6.45, 7) is 1.58. The van der Waals surface area contributed by atoms with Crippen LogP contribution in [-0.2, 0) is 27.5 Å². The van der Waals surface area contributed by atoms with Crippen LogP contribution in [0.4, 0.5) is 45.5 Å². The number of nitrogens with zero attached hydrogens (tertiary/aromatic N) is 8. The number of para-hydroxylation sites is 1. The van der Waals surface area contributed by atoms with Crippen molar-refractivity contribution >= 4 is 55.6 Å². The van der Waals surface area contributed by atoms with Gasteiger partial charge in [-0.1, -0.05) is 41.8 Å². The van der Waals surface area contributed by atoms with E-state index in [0.29, 0.717) is 11.4 Å². The fraction of sp³-hybridized carbons (Fsp3) is 0.0357. The van der Waals surface area contributed by atoms with Crippen molar-refractivity contribution in [3.8, 4) is 23.1 Å². The molecule has 0 saturated carbocycles. The molecule has 0 aliphatic carbocycles. The summed E-state index contributed by atoms with van der Waals surface area (Å²) in [5, 5.41) is 76.0. The summed E-state index contributed by atoms with van der Waals surface area (Å²) in [7, 11) is -4.62. The zero-order valence-electron chi connectivity index (χ0n) is 25.2. The van der Waals surface area contributed by atoms with Gasteiger partial charge in [0.25, 0.3) is 21.5 Å². The van der Waals surface area contributed by atoms with Gasteiger partial charge >= 0.3 is 17.4 Å². The maximum atomic E-state index is 12.4. The topological polar surface area (TPSA) is 329 Å². The van der Waals surface area contributed by atoms with Crippen LogP contribution in [0.2, 0.25) is 0 Å². The second-order valence-electron chi connectivity index (χ2n) is 9.63. The Balaban J connectivity index is 0.000000265. The zero-order valence-corrected chi connectivity index (χ0v) is 27.3. The van der Waals surface area contributed by atoms with Gasteiger partial charge in [0.2, 0.25) is 0 Å². The predicted molar refractivity (Wildman–Crippen MR) is 166 cm³/mol. The standard InChI is InChI=1S/C16H13N5O4.C12H11N5O6S.Cr/c1-10-15(16(23)20(19-10)11-5-3-2-4-6-11)18-17-13-9-12(21(24)25)7-8-14(13)22;13-7-4-8(14)12(24(21,22)23)5-9(7)15-16-10-3-6(17(19)20)1-2-11(10)18;/h2-9,22-23H,1H3;1-5,18H,13-14H2,(H,21,22,23);/q;;+3/p-3. The maximum absolute atomic E-state index is 12.4. The Bertz CT molecular complexity index is 2250. The minimum atomic E-state index is -4.62. The Morgan fingerprint density at radius 1 is 0.740 bits per heavy atom. The maximum Gasteiger partial charge on any atom is 3.00 e. The van der Waals surface area contributed by atoms with Crippen molar-refractivity contribution < 1.29 is 55.5 Å². The van der Waals surface area contributed by atoms with Gasteiger partial charge in [-0.25, -0.2) is 4.68 Å². The third kappa shape index (κ3) is 8.91. The summed E-state index contributed by atoms with van der Waals surface area (Å²) in [5.74, 6) is -1.66. The summed E-state index contributed by atoms with van der Waals surface area (Å²) >= 11 is 0. The summed E-state index contributed by atoms with van der Waals surface area (Å²) in [5.41, 5.74) is 10.2. The largest absolute Gasteiger partial charge is 3.00 e. The predicted octanol–water partition coefficient (Wildman–Crippen LogP) is 4.14. The van der Waals surface area contributed by atoms with Gasteiger partial charge in [-0.15, -0.1) is 10.2 Å². The van der Waals surface area contributed by atoms with Crippen molar-refractivity contribution in [3.05, 3.63) is 105 Å². The van der Waals surface area contributed by atoms with Crippen LogP contribution in [0.3, 0.4) is 0 Å². The average molecular weight is 742 g/mol. The van der Waals surface area contributed by atoms with Gasteiger partial charge in [-0.3, -0.25) is 24.8 Å². The minimum absolute atomic E-state index is 0. The Morgan fingerprint density at radius 2 is 1.24 bits per heavy atom. The molecule has 1 heterocycles. The van der Waals surface area contributed by atoms with Crippen LogP contribution < -0.4 is 26.8 Å². The molecule has 0 aliphatic heterocycles. The van der Waals surface area contributed by atoms with Crippen molar-refractivity contribution in [2.75, 3.05) is 11.5 Å². The Morgan fingerprint density at radius 3 is 1.74 bits per heavy atom. The van der Waals surface area contributed by atoms with Gasteiger partial charge in [0, 0.05) is 30.1 Å². The molecular weight excluding hydrogens is 720 g/mol. The van der Waals surface area contributed by atoms with Gasteiger partial charge in [0.15, 0.2) is 0 Å². The zero-order chi connectivity index (χ0) is 36.0. The van der Waals surface area contributed by atoms with Crippen LogP contribution in [0.1, 0.15) is 5.69 Å². The molecule has 1 radical (unpaired) electrons. The van der Waals surface area contributed by atoms with Gasteiger partial charge in [-0.2, -0.15) is 23.7 Å². The Hall–Kier alpha value is -6.47. The monoisotopic (exact) mass is 741 g/mol. The van der Waals surface area contributed by atoms with E-state index in [9.17, 15) is 44.0 Å². The summed E-state index contributed by atoms with van der Waals surface area (Å²) in [6, 6.07) is 16.7. The van der Waals surface area contributed by atoms with Crippen LogP contribution in [0.5, 0.6) is 17.4 Å². The molecule has 0 fully saturated rings. The molecule has 5 rings (SSSR count). The molecule has 0 saturated heterocycles. The van der Waals surface area contributed by atoms with E-state index < -0.39 is 42.2 Å². The van der Waals surface area contributed by atoms with Gasteiger partial charge in [0.05, 0.1) is 44.0 Å². The molecule has 5 aromatic rings. The molecule has 1 aromatic heterocycles. The van der Waals surface area contributed by atoms with Crippen LogP contribution in [0, 0.1) is 27.2 Å². The molecule has 20 nitrogen and oxygen atoms in total. The first-order valence-corrected chi connectivity index (χ1v) is 14.7. The van der Waals surface area contributed by atoms with E-state index in [1.807, 2.05) is 6.07 Å². The number of non-ortho nitro benzene ring substituents is 2. The smallest absolute Gasteiger partial charge is 0.871 e. The second kappa shape index (κ2) is 15.6. The number of aromatic nitrogens is 2. The number of anilines is 2. The number of aryl methyl sites for hydroxylation is 1. The van der Waals surface area contributed by atoms with E-state index in [-0.39, 0.29) is 62.9 Å². The van der Waals surface area contributed by atoms with Gasteiger partial charge in [-0.05, 0) is 31.2 Å². The van der Waals surface area contributed by atoms with Gasteiger partial charge in [0.1, 0.15) is 16.3 Å². The number of nitrogens with two attached hydrogens (primary N) is 2. The molecule has 50 heavy (non-hydrogen) atoms. The van der Waals surface area contributed by atoms with E-state index in [4.69, 9.17) is 16.0 Å². The van der Waals surface area contributed by atoms with E-state index in [1.165, 1.54) is 4.68 Å². The molecule has 0 aliphatic rings. The van der Waals surface area contributed by atoms with Crippen molar-refractivity contribution in [2.45, 2.75) is 11.8 Å². The van der Waals surface area contributed by atoms with Crippen molar-refractivity contribution in [2.24, 2.45) is 20.5 Å². The van der Waals surface area contributed by atoms with E-state index in [0.717, 1.165) is 48.5 Å². The third-order valence-electron chi connectivity index (χ3n) is 6.26. The molecule has 0 amide bonds. The SMILES string of the molecule is Cc1nn(-c2ccccc2)c([O-])c1N=Nc1cc([N+](=O)[O-])ccc1[O-].Nc1cc(N)c(S(=O)(=O)O)cc1N=Nc1cc([N+](=O)[O-])ccc1[O-].[Cr+3]. The van der Waals surface area contributed by atoms with Crippen molar-refractivity contribution in [1.29, 1.82) is 0 Å². The van der Waals surface area contributed by atoms with Crippen molar-refractivity contribution in [3.63, 3.8) is 0 Å². The molecule has 0 spiro atoms. The molecule has 0 unspecified atom stereocenters. The van der Waals surface area contributed by atoms with Crippen LogP contribution in [-0.4, -0.2) is 32.6 Å². The van der Waals surface area contributed by atoms with E-state index in [1.54, 1.807) is 31.2 Å². The number of benzene rings is 4. The number of nitrogen functional groups attached to an aromatic ring is 2. The number of nitro benzene ring substituents is 2.